The smallest absolute Gasteiger partial charge is 0.128 e. The van der Waals surface area contributed by atoms with Crippen LogP contribution in [0.2, 0.25) is 0 Å². The number of rotatable bonds is 2. The number of nitrogens with one attached hydrogen (secondary N) is 1. The minimum absolute atomic E-state index is 0.261. The predicted octanol–water partition coefficient (Wildman–Crippen LogP) is 2.79. The Labute approximate surface area is 107 Å². The van der Waals surface area contributed by atoms with Crippen molar-refractivity contribution >= 4 is 5.69 Å². The summed E-state index contributed by atoms with van der Waals surface area (Å²) < 4.78 is 26.5. The van der Waals surface area contributed by atoms with Gasteiger partial charge in [0.1, 0.15) is 11.6 Å². The molecule has 1 aromatic rings. The molecule has 1 saturated heterocycles. The van der Waals surface area contributed by atoms with Gasteiger partial charge in [0.25, 0.3) is 0 Å². The molecule has 1 N–H and O–H groups in total. The highest BCUT2D eigenvalue weighted by atomic mass is 19.1. The fourth-order valence-electron chi connectivity index (χ4n) is 2.84. The van der Waals surface area contributed by atoms with E-state index < -0.39 is 11.6 Å². The molecule has 1 aliphatic heterocycles. The van der Waals surface area contributed by atoms with Gasteiger partial charge in [-0.25, -0.2) is 8.78 Å². The normalized spacial score (nSPS) is 28.5. The molecule has 1 aliphatic rings. The highest BCUT2D eigenvalue weighted by molar-refractivity contribution is 5.48. The van der Waals surface area contributed by atoms with Crippen molar-refractivity contribution in [2.24, 2.45) is 5.92 Å². The maximum absolute atomic E-state index is 13.3. The molecule has 2 rings (SSSR count). The topological polar surface area (TPSA) is 15.3 Å². The maximum atomic E-state index is 13.3. The van der Waals surface area contributed by atoms with Crippen molar-refractivity contribution in [1.29, 1.82) is 0 Å². The van der Waals surface area contributed by atoms with Crippen LogP contribution < -0.4 is 10.2 Å². The van der Waals surface area contributed by atoms with E-state index in [1.165, 1.54) is 12.1 Å². The van der Waals surface area contributed by atoms with Crippen molar-refractivity contribution in [2.45, 2.75) is 32.4 Å². The van der Waals surface area contributed by atoms with E-state index in [2.05, 4.69) is 24.1 Å². The van der Waals surface area contributed by atoms with Gasteiger partial charge >= 0.3 is 0 Å². The van der Waals surface area contributed by atoms with E-state index in [0.29, 0.717) is 17.6 Å². The van der Waals surface area contributed by atoms with E-state index in [0.717, 1.165) is 19.0 Å². The zero-order chi connectivity index (χ0) is 13.3. The molecule has 0 aliphatic carbocycles. The van der Waals surface area contributed by atoms with Crippen LogP contribution in [0, 0.1) is 17.6 Å². The molecule has 3 atom stereocenters. The summed E-state index contributed by atoms with van der Waals surface area (Å²) in [4.78, 5) is 2.09. The summed E-state index contributed by atoms with van der Waals surface area (Å²) in [7, 11) is 1.96. The number of piperidine rings is 1. The third kappa shape index (κ3) is 2.48. The molecule has 3 unspecified atom stereocenters. The van der Waals surface area contributed by atoms with Crippen LogP contribution in [-0.2, 0) is 0 Å². The lowest BCUT2D eigenvalue weighted by atomic mass is 9.87. The summed E-state index contributed by atoms with van der Waals surface area (Å²) >= 11 is 0. The van der Waals surface area contributed by atoms with Crippen LogP contribution in [0.4, 0.5) is 14.5 Å². The van der Waals surface area contributed by atoms with Gasteiger partial charge in [-0.15, -0.1) is 0 Å². The average molecular weight is 254 g/mol. The highest BCUT2D eigenvalue weighted by Crippen LogP contribution is 2.29. The Morgan fingerprint density at radius 1 is 1.17 bits per heavy atom. The Morgan fingerprint density at radius 3 is 2.33 bits per heavy atom. The lowest BCUT2D eigenvalue weighted by Crippen LogP contribution is -2.52. The van der Waals surface area contributed by atoms with Crippen molar-refractivity contribution < 1.29 is 8.78 Å². The maximum Gasteiger partial charge on any atom is 0.128 e. The number of halogens is 2. The first-order valence-corrected chi connectivity index (χ1v) is 6.43. The molecule has 0 radical (unpaired) electrons. The first-order chi connectivity index (χ1) is 8.52. The first kappa shape index (κ1) is 13.3. The number of hydrogen-bond acceptors (Lipinski definition) is 2. The summed E-state index contributed by atoms with van der Waals surface area (Å²) in [6, 6.07) is 4.46. The molecule has 2 nitrogen and oxygen atoms in total. The molecule has 100 valence electrons. The van der Waals surface area contributed by atoms with Gasteiger partial charge in [0, 0.05) is 30.4 Å². The Kier molecular flexibility index (Phi) is 3.85. The molecule has 0 bridgehead atoms. The van der Waals surface area contributed by atoms with Gasteiger partial charge in [-0.05, 0) is 38.4 Å². The molecule has 0 spiro atoms. The number of hydrogen-bond donors (Lipinski definition) is 1. The Morgan fingerprint density at radius 2 is 1.78 bits per heavy atom. The number of anilines is 1. The molecule has 0 aromatic heterocycles. The average Bonchev–Trinajstić information content (AvgIpc) is 2.31. The summed E-state index contributed by atoms with van der Waals surface area (Å²) in [5.41, 5.74) is 0.640. The third-order valence-electron chi connectivity index (χ3n) is 4.12. The summed E-state index contributed by atoms with van der Waals surface area (Å²) in [5.74, 6) is -0.587. The van der Waals surface area contributed by atoms with Crippen molar-refractivity contribution in [1.82, 2.24) is 5.32 Å². The molecule has 0 saturated carbocycles. The zero-order valence-electron chi connectivity index (χ0n) is 11.1. The van der Waals surface area contributed by atoms with Crippen molar-refractivity contribution in [2.75, 3.05) is 18.5 Å². The SMILES string of the molecule is CNC1CCN(c2cc(F)cc(F)c2)C(C)C1C. The second-order valence-electron chi connectivity index (χ2n) is 5.10. The van der Waals surface area contributed by atoms with Gasteiger partial charge in [-0.2, -0.15) is 0 Å². The first-order valence-electron chi connectivity index (χ1n) is 6.43. The molecule has 0 amide bonds. The zero-order valence-corrected chi connectivity index (χ0v) is 11.1. The van der Waals surface area contributed by atoms with Gasteiger partial charge in [-0.3, -0.25) is 0 Å². The fraction of sp³-hybridized carbons (Fsp3) is 0.571. The van der Waals surface area contributed by atoms with E-state index >= 15 is 0 Å². The largest absolute Gasteiger partial charge is 0.368 e. The second-order valence-corrected chi connectivity index (χ2v) is 5.10. The molecule has 18 heavy (non-hydrogen) atoms. The minimum atomic E-state index is -0.513. The van der Waals surface area contributed by atoms with Crippen LogP contribution in [-0.4, -0.2) is 25.7 Å². The van der Waals surface area contributed by atoms with Gasteiger partial charge in [-0.1, -0.05) is 6.92 Å². The number of nitrogens with zero attached hydrogens (tertiary/aromatic N) is 1. The Hall–Kier alpha value is -1.16. The monoisotopic (exact) mass is 254 g/mol. The summed E-state index contributed by atoms with van der Waals surface area (Å²) in [5, 5.41) is 3.30. The van der Waals surface area contributed by atoms with Gasteiger partial charge < -0.3 is 10.2 Å². The second kappa shape index (κ2) is 5.22. The van der Waals surface area contributed by atoms with Crippen LogP contribution in [0.3, 0.4) is 0 Å². The summed E-state index contributed by atoms with van der Waals surface area (Å²) in [6.07, 6.45) is 0.986. The predicted molar refractivity (Wildman–Crippen MR) is 69.8 cm³/mol. The van der Waals surface area contributed by atoms with E-state index in [-0.39, 0.29) is 6.04 Å². The molecular weight excluding hydrogens is 234 g/mol. The van der Waals surface area contributed by atoms with Crippen LogP contribution in [0.15, 0.2) is 18.2 Å². The lowest BCUT2D eigenvalue weighted by Gasteiger charge is -2.44. The van der Waals surface area contributed by atoms with E-state index in [1.54, 1.807) is 0 Å². The molecule has 1 heterocycles. The quantitative estimate of drug-likeness (QED) is 0.873. The van der Waals surface area contributed by atoms with E-state index in [4.69, 9.17) is 0 Å². The highest BCUT2D eigenvalue weighted by Gasteiger charge is 2.31. The summed E-state index contributed by atoms with van der Waals surface area (Å²) in [6.45, 7) is 5.10. The molecule has 1 fully saturated rings. The lowest BCUT2D eigenvalue weighted by molar-refractivity contribution is 0.282. The minimum Gasteiger partial charge on any atom is -0.368 e. The van der Waals surface area contributed by atoms with E-state index in [1.807, 2.05) is 7.05 Å². The Bertz CT molecular complexity index is 402. The van der Waals surface area contributed by atoms with Crippen LogP contribution in [0.5, 0.6) is 0 Å². The molecule has 1 aromatic carbocycles. The standard InChI is InChI=1S/C14H20F2N2/c1-9-10(2)18(5-4-14(9)17-3)13-7-11(15)6-12(16)8-13/h6-10,14,17H,4-5H2,1-3H3. The van der Waals surface area contributed by atoms with Gasteiger partial charge in [0.2, 0.25) is 0 Å². The van der Waals surface area contributed by atoms with E-state index in [9.17, 15) is 8.78 Å². The van der Waals surface area contributed by atoms with Crippen molar-refractivity contribution in [3.05, 3.63) is 29.8 Å². The Balaban J connectivity index is 2.23. The van der Waals surface area contributed by atoms with Crippen LogP contribution in [0.1, 0.15) is 20.3 Å². The van der Waals surface area contributed by atoms with Crippen LogP contribution >= 0.6 is 0 Å². The van der Waals surface area contributed by atoms with Crippen molar-refractivity contribution in [3.63, 3.8) is 0 Å². The molecule has 4 heteroatoms. The van der Waals surface area contributed by atoms with Crippen molar-refractivity contribution in [3.8, 4) is 0 Å². The van der Waals surface area contributed by atoms with Gasteiger partial charge in [0.15, 0.2) is 0 Å². The van der Waals surface area contributed by atoms with Gasteiger partial charge in [0.05, 0.1) is 0 Å². The number of benzene rings is 1. The van der Waals surface area contributed by atoms with Crippen LogP contribution in [0.25, 0.3) is 0 Å². The molecular formula is C14H20F2N2. The third-order valence-corrected chi connectivity index (χ3v) is 4.12. The fourth-order valence-corrected chi connectivity index (χ4v) is 2.84.